The van der Waals surface area contributed by atoms with Crippen LogP contribution >= 0.6 is 0 Å². The molecule has 1 fully saturated rings. The van der Waals surface area contributed by atoms with Gasteiger partial charge in [0.25, 0.3) is 0 Å². The average molecular weight is 259 g/mol. The SMILES string of the molecule is CCCNCC1CCCCCC1c1cccc(C)c1. The zero-order valence-corrected chi connectivity index (χ0v) is 12.6. The number of rotatable bonds is 5. The second kappa shape index (κ2) is 7.69. The van der Waals surface area contributed by atoms with Crippen LogP contribution in [0.25, 0.3) is 0 Å². The predicted octanol–water partition coefficient (Wildman–Crippen LogP) is 4.66. The molecule has 0 saturated heterocycles. The highest BCUT2D eigenvalue weighted by molar-refractivity contribution is 5.26. The van der Waals surface area contributed by atoms with Gasteiger partial charge in [-0.1, -0.05) is 56.0 Å². The van der Waals surface area contributed by atoms with Crippen LogP contribution in [0.2, 0.25) is 0 Å². The highest BCUT2D eigenvalue weighted by atomic mass is 14.9. The summed E-state index contributed by atoms with van der Waals surface area (Å²) in [6, 6.07) is 9.19. The van der Waals surface area contributed by atoms with Gasteiger partial charge in [-0.15, -0.1) is 0 Å². The number of benzene rings is 1. The van der Waals surface area contributed by atoms with Gasteiger partial charge in [0.2, 0.25) is 0 Å². The molecule has 1 aliphatic carbocycles. The first kappa shape index (κ1) is 14.6. The van der Waals surface area contributed by atoms with Crippen molar-refractivity contribution in [3.8, 4) is 0 Å². The molecule has 2 atom stereocenters. The molecule has 19 heavy (non-hydrogen) atoms. The molecule has 1 aromatic rings. The smallest absolute Gasteiger partial charge is 0.00147 e. The molecule has 2 rings (SSSR count). The van der Waals surface area contributed by atoms with Crippen LogP contribution in [0.15, 0.2) is 24.3 Å². The fourth-order valence-corrected chi connectivity index (χ4v) is 3.43. The minimum absolute atomic E-state index is 0.770. The fourth-order valence-electron chi connectivity index (χ4n) is 3.43. The van der Waals surface area contributed by atoms with Gasteiger partial charge < -0.3 is 5.32 Å². The van der Waals surface area contributed by atoms with E-state index in [1.54, 1.807) is 5.56 Å². The first-order valence-electron chi connectivity index (χ1n) is 8.08. The molecule has 0 spiro atoms. The van der Waals surface area contributed by atoms with Crippen LogP contribution in [0, 0.1) is 12.8 Å². The summed E-state index contributed by atoms with van der Waals surface area (Å²) in [6.07, 6.45) is 8.26. The Morgan fingerprint density at radius 3 is 2.79 bits per heavy atom. The Bertz CT molecular complexity index is 372. The van der Waals surface area contributed by atoms with Crippen molar-refractivity contribution in [1.29, 1.82) is 0 Å². The second-order valence-electron chi connectivity index (χ2n) is 6.12. The summed E-state index contributed by atoms with van der Waals surface area (Å²) in [5, 5.41) is 3.65. The third kappa shape index (κ3) is 4.35. The summed E-state index contributed by atoms with van der Waals surface area (Å²) < 4.78 is 0. The Labute approximate surface area is 118 Å². The first-order valence-corrected chi connectivity index (χ1v) is 8.08. The summed E-state index contributed by atoms with van der Waals surface area (Å²) in [5.41, 5.74) is 2.98. The van der Waals surface area contributed by atoms with Crippen molar-refractivity contribution in [3.63, 3.8) is 0 Å². The summed E-state index contributed by atoms with van der Waals surface area (Å²) in [4.78, 5) is 0. The van der Waals surface area contributed by atoms with Gasteiger partial charge in [0.15, 0.2) is 0 Å². The van der Waals surface area contributed by atoms with E-state index in [2.05, 4.69) is 43.4 Å². The summed E-state index contributed by atoms with van der Waals surface area (Å²) in [6.45, 7) is 6.83. The lowest BCUT2D eigenvalue weighted by molar-refractivity contribution is 0.375. The highest BCUT2D eigenvalue weighted by Crippen LogP contribution is 2.36. The Hall–Kier alpha value is -0.820. The number of hydrogen-bond donors (Lipinski definition) is 1. The fraction of sp³-hybridized carbons (Fsp3) is 0.667. The van der Waals surface area contributed by atoms with Crippen molar-refractivity contribution in [1.82, 2.24) is 5.32 Å². The predicted molar refractivity (Wildman–Crippen MR) is 83.7 cm³/mol. The Balaban J connectivity index is 2.07. The van der Waals surface area contributed by atoms with Crippen molar-refractivity contribution >= 4 is 0 Å². The molecule has 1 aliphatic rings. The lowest BCUT2D eigenvalue weighted by Crippen LogP contribution is -2.27. The third-order valence-electron chi connectivity index (χ3n) is 4.46. The molecule has 106 valence electrons. The first-order chi connectivity index (χ1) is 9.31. The molecule has 0 heterocycles. The van der Waals surface area contributed by atoms with Gasteiger partial charge in [-0.25, -0.2) is 0 Å². The lowest BCUT2D eigenvalue weighted by Gasteiger charge is -2.26. The average Bonchev–Trinajstić information content (AvgIpc) is 2.64. The van der Waals surface area contributed by atoms with Crippen LogP contribution in [-0.2, 0) is 0 Å². The molecular formula is C18H29N. The normalized spacial score (nSPS) is 24.1. The van der Waals surface area contributed by atoms with Gasteiger partial charge in [-0.3, -0.25) is 0 Å². The molecular weight excluding hydrogens is 230 g/mol. The quantitative estimate of drug-likeness (QED) is 0.599. The lowest BCUT2D eigenvalue weighted by atomic mass is 9.82. The van der Waals surface area contributed by atoms with E-state index in [1.807, 2.05) is 0 Å². The van der Waals surface area contributed by atoms with Crippen molar-refractivity contribution in [3.05, 3.63) is 35.4 Å². The van der Waals surface area contributed by atoms with Crippen LogP contribution < -0.4 is 5.32 Å². The van der Waals surface area contributed by atoms with Gasteiger partial charge in [-0.05, 0) is 56.7 Å². The van der Waals surface area contributed by atoms with E-state index in [9.17, 15) is 0 Å². The number of hydrogen-bond acceptors (Lipinski definition) is 1. The summed E-state index contributed by atoms with van der Waals surface area (Å²) in [5.74, 6) is 1.60. The van der Waals surface area contributed by atoms with E-state index in [4.69, 9.17) is 0 Å². The van der Waals surface area contributed by atoms with Crippen molar-refractivity contribution in [2.45, 2.75) is 58.3 Å². The van der Waals surface area contributed by atoms with Gasteiger partial charge in [0.1, 0.15) is 0 Å². The molecule has 0 amide bonds. The number of nitrogens with one attached hydrogen (secondary N) is 1. The van der Waals surface area contributed by atoms with Crippen LogP contribution in [0.1, 0.15) is 62.5 Å². The molecule has 2 unspecified atom stereocenters. The molecule has 0 aromatic heterocycles. The van der Waals surface area contributed by atoms with E-state index in [0.29, 0.717) is 0 Å². The van der Waals surface area contributed by atoms with Crippen LogP contribution in [0.4, 0.5) is 0 Å². The van der Waals surface area contributed by atoms with Crippen molar-refractivity contribution in [2.75, 3.05) is 13.1 Å². The molecule has 0 radical (unpaired) electrons. The maximum absolute atomic E-state index is 3.65. The third-order valence-corrected chi connectivity index (χ3v) is 4.46. The van der Waals surface area contributed by atoms with E-state index in [1.165, 1.54) is 50.6 Å². The minimum Gasteiger partial charge on any atom is -0.316 e. The topological polar surface area (TPSA) is 12.0 Å². The second-order valence-corrected chi connectivity index (χ2v) is 6.12. The van der Waals surface area contributed by atoms with E-state index < -0.39 is 0 Å². The largest absolute Gasteiger partial charge is 0.316 e. The molecule has 0 aliphatic heterocycles. The zero-order chi connectivity index (χ0) is 13.5. The van der Waals surface area contributed by atoms with Gasteiger partial charge in [0.05, 0.1) is 0 Å². The number of aryl methyl sites for hydroxylation is 1. The molecule has 1 N–H and O–H groups in total. The van der Waals surface area contributed by atoms with E-state index in [0.717, 1.165) is 18.4 Å². The molecule has 1 heteroatoms. The zero-order valence-electron chi connectivity index (χ0n) is 12.6. The molecule has 0 bridgehead atoms. The van der Waals surface area contributed by atoms with Crippen LogP contribution in [0.5, 0.6) is 0 Å². The van der Waals surface area contributed by atoms with Gasteiger partial charge in [-0.2, -0.15) is 0 Å². The molecule has 1 aromatic carbocycles. The summed E-state index contributed by atoms with van der Waals surface area (Å²) in [7, 11) is 0. The Kier molecular flexibility index (Phi) is 5.91. The van der Waals surface area contributed by atoms with Crippen molar-refractivity contribution < 1.29 is 0 Å². The van der Waals surface area contributed by atoms with Crippen LogP contribution in [0.3, 0.4) is 0 Å². The van der Waals surface area contributed by atoms with E-state index in [-0.39, 0.29) is 0 Å². The molecule has 1 saturated carbocycles. The Morgan fingerprint density at radius 2 is 2.00 bits per heavy atom. The monoisotopic (exact) mass is 259 g/mol. The maximum Gasteiger partial charge on any atom is -0.00147 e. The molecule has 1 nitrogen and oxygen atoms in total. The van der Waals surface area contributed by atoms with Crippen molar-refractivity contribution in [2.24, 2.45) is 5.92 Å². The maximum atomic E-state index is 3.65. The van der Waals surface area contributed by atoms with E-state index >= 15 is 0 Å². The van der Waals surface area contributed by atoms with Gasteiger partial charge in [0, 0.05) is 0 Å². The Morgan fingerprint density at radius 1 is 1.16 bits per heavy atom. The standard InChI is InChI=1S/C18H29N/c1-3-12-19-14-17-9-5-4-6-11-18(17)16-10-7-8-15(2)13-16/h7-8,10,13,17-19H,3-6,9,11-12,14H2,1-2H3. The highest BCUT2D eigenvalue weighted by Gasteiger charge is 2.24. The van der Waals surface area contributed by atoms with Crippen LogP contribution in [-0.4, -0.2) is 13.1 Å². The summed E-state index contributed by atoms with van der Waals surface area (Å²) >= 11 is 0. The van der Waals surface area contributed by atoms with Gasteiger partial charge >= 0.3 is 0 Å². The minimum atomic E-state index is 0.770.